The number of ether oxygens (including phenoxy) is 3. The second kappa shape index (κ2) is 8.44. The highest BCUT2D eigenvalue weighted by molar-refractivity contribution is 9.10. The van der Waals surface area contributed by atoms with Crippen molar-refractivity contribution in [2.45, 2.75) is 24.3 Å². The van der Waals surface area contributed by atoms with Gasteiger partial charge in [0.25, 0.3) is 5.91 Å². The van der Waals surface area contributed by atoms with Crippen LogP contribution in [-0.2, 0) is 16.6 Å². The summed E-state index contributed by atoms with van der Waals surface area (Å²) in [7, 11) is -3.66. The molecule has 1 saturated heterocycles. The number of nitrogens with two attached hydrogens (primary N) is 1. The molecule has 0 atom stereocenters. The van der Waals surface area contributed by atoms with Gasteiger partial charge in [-0.25, -0.2) is 8.42 Å². The summed E-state index contributed by atoms with van der Waals surface area (Å²) < 4.78 is 44.7. The second-order valence-electron chi connectivity index (χ2n) is 7.01. The molecule has 160 valence electrons. The summed E-state index contributed by atoms with van der Waals surface area (Å²) in [4.78, 5) is 12.0. The van der Waals surface area contributed by atoms with Gasteiger partial charge < -0.3 is 19.9 Å². The predicted molar refractivity (Wildman–Crippen MR) is 112 cm³/mol. The largest absolute Gasteiger partial charge is 0.488 e. The van der Waals surface area contributed by atoms with Crippen LogP contribution in [0.1, 0.15) is 28.8 Å². The van der Waals surface area contributed by atoms with Gasteiger partial charge in [-0.2, -0.15) is 4.31 Å². The van der Waals surface area contributed by atoms with E-state index in [0.717, 1.165) is 22.9 Å². The van der Waals surface area contributed by atoms with Crippen LogP contribution in [0.4, 0.5) is 0 Å². The molecule has 2 aromatic carbocycles. The summed E-state index contributed by atoms with van der Waals surface area (Å²) in [5.41, 5.74) is 6.30. The average Bonchev–Trinajstić information content (AvgIpc) is 3.28. The Morgan fingerprint density at radius 3 is 2.43 bits per heavy atom. The number of primary amides is 1. The molecule has 0 spiro atoms. The maximum Gasteiger partial charge on any atom is 0.252 e. The van der Waals surface area contributed by atoms with E-state index in [-0.39, 0.29) is 22.8 Å². The zero-order valence-corrected chi connectivity index (χ0v) is 18.5. The average molecular weight is 497 g/mol. The molecule has 0 bridgehead atoms. The van der Waals surface area contributed by atoms with Gasteiger partial charge in [-0.05, 0) is 43.2 Å². The molecule has 2 heterocycles. The normalized spacial score (nSPS) is 16.4. The van der Waals surface area contributed by atoms with Crippen LogP contribution in [0.3, 0.4) is 0 Å². The Morgan fingerprint density at radius 1 is 1.10 bits per heavy atom. The minimum absolute atomic E-state index is 0.0175. The van der Waals surface area contributed by atoms with Crippen molar-refractivity contribution < 1.29 is 27.4 Å². The summed E-state index contributed by atoms with van der Waals surface area (Å²) >= 11 is 3.48. The first-order valence-corrected chi connectivity index (χ1v) is 11.7. The van der Waals surface area contributed by atoms with E-state index < -0.39 is 15.9 Å². The molecule has 2 N–H and O–H groups in total. The molecule has 30 heavy (non-hydrogen) atoms. The van der Waals surface area contributed by atoms with Crippen molar-refractivity contribution >= 4 is 31.9 Å². The van der Waals surface area contributed by atoms with Gasteiger partial charge in [0, 0.05) is 23.1 Å². The zero-order valence-electron chi connectivity index (χ0n) is 16.1. The molecular formula is C20H21BrN2O6S. The van der Waals surface area contributed by atoms with Crippen molar-refractivity contribution in [3.05, 3.63) is 45.9 Å². The fourth-order valence-electron chi connectivity index (χ4n) is 3.44. The number of benzene rings is 2. The van der Waals surface area contributed by atoms with E-state index in [0.29, 0.717) is 37.8 Å². The maximum atomic E-state index is 12.8. The third-order valence-corrected chi connectivity index (χ3v) is 7.65. The highest BCUT2D eigenvalue weighted by Crippen LogP contribution is 2.36. The molecule has 4 rings (SSSR count). The van der Waals surface area contributed by atoms with Crippen LogP contribution in [0.5, 0.6) is 17.2 Å². The molecule has 2 aromatic rings. The van der Waals surface area contributed by atoms with E-state index in [9.17, 15) is 13.2 Å². The number of hydrogen-bond acceptors (Lipinski definition) is 6. The number of halogens is 1. The second-order valence-corrected chi connectivity index (χ2v) is 9.80. The fraction of sp³-hybridized carbons (Fsp3) is 0.350. The summed E-state index contributed by atoms with van der Waals surface area (Å²) in [5.74, 6) is 0.714. The van der Waals surface area contributed by atoms with Crippen LogP contribution in [0, 0.1) is 0 Å². The number of hydrogen-bond donors (Lipinski definition) is 1. The van der Waals surface area contributed by atoms with Gasteiger partial charge in [0.15, 0.2) is 11.5 Å². The van der Waals surface area contributed by atoms with Gasteiger partial charge in [0.2, 0.25) is 10.0 Å². The minimum Gasteiger partial charge on any atom is -0.488 e. The van der Waals surface area contributed by atoms with E-state index in [2.05, 4.69) is 15.9 Å². The molecule has 2 aliphatic rings. The molecule has 8 nitrogen and oxygen atoms in total. The van der Waals surface area contributed by atoms with Crippen LogP contribution in [-0.4, -0.2) is 44.9 Å². The molecule has 0 saturated carbocycles. The highest BCUT2D eigenvalue weighted by Gasteiger charge is 2.28. The van der Waals surface area contributed by atoms with Crippen molar-refractivity contribution in [3.63, 3.8) is 0 Å². The summed E-state index contributed by atoms with van der Waals surface area (Å²) in [6.07, 6.45) is 1.65. The van der Waals surface area contributed by atoms with Crippen LogP contribution in [0.25, 0.3) is 0 Å². The lowest BCUT2D eigenvalue weighted by Gasteiger charge is -2.20. The van der Waals surface area contributed by atoms with E-state index in [1.807, 2.05) is 0 Å². The van der Waals surface area contributed by atoms with E-state index in [1.165, 1.54) is 22.5 Å². The minimum atomic E-state index is -3.66. The van der Waals surface area contributed by atoms with Gasteiger partial charge in [-0.15, -0.1) is 0 Å². The van der Waals surface area contributed by atoms with Gasteiger partial charge in [-0.1, -0.05) is 15.9 Å². The lowest BCUT2D eigenvalue weighted by Crippen LogP contribution is -2.28. The molecule has 1 fully saturated rings. The van der Waals surface area contributed by atoms with Crippen molar-refractivity contribution in [1.29, 1.82) is 0 Å². The molecule has 10 heteroatoms. The molecule has 1 amide bonds. The van der Waals surface area contributed by atoms with Gasteiger partial charge in [0.05, 0.1) is 10.5 Å². The van der Waals surface area contributed by atoms with Crippen LogP contribution < -0.4 is 19.9 Å². The highest BCUT2D eigenvalue weighted by atomic mass is 79.9. The Hall–Kier alpha value is -2.30. The van der Waals surface area contributed by atoms with Crippen molar-refractivity contribution in [3.8, 4) is 17.2 Å². The van der Waals surface area contributed by atoms with E-state index in [4.69, 9.17) is 19.9 Å². The molecule has 0 aromatic heterocycles. The number of fused-ring (bicyclic) bond motifs is 1. The number of carbonyl (C=O) groups is 1. The summed E-state index contributed by atoms with van der Waals surface area (Å²) in [5, 5.41) is 0. The Morgan fingerprint density at radius 2 is 1.77 bits per heavy atom. The molecule has 2 aliphatic heterocycles. The third-order valence-electron chi connectivity index (χ3n) is 5.01. The van der Waals surface area contributed by atoms with Crippen LogP contribution in [0.2, 0.25) is 0 Å². The zero-order chi connectivity index (χ0) is 21.3. The lowest BCUT2D eigenvalue weighted by molar-refractivity contribution is 0.0995. The van der Waals surface area contributed by atoms with Crippen molar-refractivity contribution in [2.24, 2.45) is 5.73 Å². The van der Waals surface area contributed by atoms with Gasteiger partial charge in [0.1, 0.15) is 25.6 Å². The van der Waals surface area contributed by atoms with Crippen LogP contribution in [0.15, 0.2) is 39.7 Å². The van der Waals surface area contributed by atoms with Gasteiger partial charge >= 0.3 is 0 Å². The number of sulfonamides is 1. The Labute approximate surface area is 183 Å². The van der Waals surface area contributed by atoms with Crippen molar-refractivity contribution in [2.75, 3.05) is 26.3 Å². The molecule has 0 radical (unpaired) electrons. The molecule has 0 unspecified atom stereocenters. The Kier molecular flexibility index (Phi) is 5.90. The SMILES string of the molecule is NC(=O)c1cc(S(=O)(=O)N2CCCC2)ccc1OCc1cc2c(cc1Br)OCCO2. The first-order valence-electron chi connectivity index (χ1n) is 9.51. The number of rotatable bonds is 6. The smallest absolute Gasteiger partial charge is 0.252 e. The van der Waals surface area contributed by atoms with Gasteiger partial charge in [-0.3, -0.25) is 4.79 Å². The molecule has 0 aliphatic carbocycles. The van der Waals surface area contributed by atoms with Crippen molar-refractivity contribution in [1.82, 2.24) is 4.31 Å². The number of nitrogens with zero attached hydrogens (tertiary/aromatic N) is 1. The predicted octanol–water partition coefficient (Wildman–Crippen LogP) is 2.68. The number of amides is 1. The Bertz CT molecular complexity index is 1080. The monoisotopic (exact) mass is 496 g/mol. The fourth-order valence-corrected chi connectivity index (χ4v) is 5.42. The first-order chi connectivity index (χ1) is 14.4. The topological polar surface area (TPSA) is 108 Å². The van der Waals surface area contributed by atoms with E-state index >= 15 is 0 Å². The summed E-state index contributed by atoms with van der Waals surface area (Å²) in [6.45, 7) is 2.03. The Balaban J connectivity index is 1.58. The van der Waals surface area contributed by atoms with E-state index in [1.54, 1.807) is 12.1 Å². The first kappa shape index (κ1) is 21.0. The maximum absolute atomic E-state index is 12.8. The standard InChI is InChI=1S/C20H21BrN2O6S/c21-16-11-19-18(27-7-8-28-19)9-13(16)12-29-17-4-3-14(10-15(17)20(22)24)30(25,26)23-5-1-2-6-23/h3-4,9-11H,1-2,5-8,12H2,(H2,22,24). The quantitative estimate of drug-likeness (QED) is 0.658. The molecular weight excluding hydrogens is 476 g/mol. The lowest BCUT2D eigenvalue weighted by atomic mass is 10.2. The number of carbonyl (C=O) groups excluding carboxylic acids is 1. The summed E-state index contributed by atoms with van der Waals surface area (Å²) in [6, 6.07) is 7.79. The van der Waals surface area contributed by atoms with Crippen LogP contribution >= 0.6 is 15.9 Å². The third kappa shape index (κ3) is 4.12.